The maximum atomic E-state index is 10.5. The van der Waals surface area contributed by atoms with Crippen molar-refractivity contribution < 1.29 is 30.1 Å². The molecule has 0 aliphatic carbocycles. The van der Waals surface area contributed by atoms with Crippen LogP contribution in [0.2, 0.25) is 0 Å². The molecule has 0 heterocycles. The van der Waals surface area contributed by atoms with Crippen LogP contribution in [0.25, 0.3) is 0 Å². The Balaban J connectivity index is 4.76. The predicted octanol–water partition coefficient (Wildman–Crippen LogP) is 1.07. The van der Waals surface area contributed by atoms with Gasteiger partial charge in [0.15, 0.2) is 0 Å². The van der Waals surface area contributed by atoms with E-state index in [4.69, 9.17) is 9.11 Å². The summed E-state index contributed by atoms with van der Waals surface area (Å²) >= 11 is -2.44. The predicted molar refractivity (Wildman–Crippen MR) is 61.8 cm³/mol. The minimum atomic E-state index is -4.57. The standard InChI is InChI=1S/C8H16O7S2/c1-7(2,14-16(9)10)5-6-8(3,4)15-17(11,12)13/h5-6H,1-4H3,(H,9,10)(H,11,12,13)/b6-5+. The zero-order valence-corrected chi connectivity index (χ0v) is 11.5. The summed E-state index contributed by atoms with van der Waals surface area (Å²) in [5.74, 6) is 0. The average molecular weight is 288 g/mol. The van der Waals surface area contributed by atoms with E-state index >= 15 is 0 Å². The lowest BCUT2D eigenvalue weighted by atomic mass is 10.0. The van der Waals surface area contributed by atoms with E-state index < -0.39 is 33.0 Å². The van der Waals surface area contributed by atoms with Crippen molar-refractivity contribution in [2.75, 3.05) is 0 Å². The molecule has 9 heteroatoms. The molecule has 0 bridgehead atoms. The Morgan fingerprint density at radius 1 is 1.12 bits per heavy atom. The van der Waals surface area contributed by atoms with Gasteiger partial charge in [0.1, 0.15) is 11.2 Å². The van der Waals surface area contributed by atoms with E-state index in [1.165, 1.54) is 39.8 Å². The molecule has 0 amide bonds. The maximum Gasteiger partial charge on any atom is 0.398 e. The van der Waals surface area contributed by atoms with Gasteiger partial charge in [0, 0.05) is 0 Å². The summed E-state index contributed by atoms with van der Waals surface area (Å²) in [5.41, 5.74) is -2.38. The van der Waals surface area contributed by atoms with Crippen LogP contribution in [0.3, 0.4) is 0 Å². The van der Waals surface area contributed by atoms with Gasteiger partial charge in [0.2, 0.25) is 0 Å². The second-order valence-electron chi connectivity index (χ2n) is 4.35. The van der Waals surface area contributed by atoms with Gasteiger partial charge in [0.05, 0.1) is 0 Å². The quantitative estimate of drug-likeness (QED) is 0.427. The van der Waals surface area contributed by atoms with E-state index in [0.717, 1.165) is 0 Å². The van der Waals surface area contributed by atoms with Crippen LogP contribution in [-0.2, 0) is 30.1 Å². The van der Waals surface area contributed by atoms with Crippen molar-refractivity contribution in [3.05, 3.63) is 12.2 Å². The van der Waals surface area contributed by atoms with Crippen molar-refractivity contribution in [3.63, 3.8) is 0 Å². The smallest absolute Gasteiger partial charge is 0.284 e. The molecule has 0 aromatic heterocycles. The Labute approximate surface area is 103 Å². The molecular formula is C8H16O7S2. The largest absolute Gasteiger partial charge is 0.398 e. The van der Waals surface area contributed by atoms with Crippen molar-refractivity contribution >= 4 is 21.8 Å². The van der Waals surface area contributed by atoms with Crippen molar-refractivity contribution in [3.8, 4) is 0 Å². The fourth-order valence-corrected chi connectivity index (χ4v) is 1.93. The zero-order chi connectivity index (χ0) is 13.9. The minimum Gasteiger partial charge on any atom is -0.284 e. The molecule has 1 unspecified atom stereocenters. The van der Waals surface area contributed by atoms with E-state index in [2.05, 4.69) is 8.37 Å². The van der Waals surface area contributed by atoms with Crippen molar-refractivity contribution in [1.82, 2.24) is 0 Å². The second-order valence-corrected chi connectivity index (χ2v) is 5.97. The first-order valence-corrected chi connectivity index (χ1v) is 6.91. The SMILES string of the molecule is CC(C)(/C=C/C(C)(C)OS(=O)(=O)O)OS(=O)O. The molecule has 2 N–H and O–H groups in total. The molecule has 0 spiro atoms. The highest BCUT2D eigenvalue weighted by atomic mass is 32.3. The molecule has 0 aromatic rings. The van der Waals surface area contributed by atoms with Gasteiger partial charge in [-0.25, -0.2) is 4.18 Å². The van der Waals surface area contributed by atoms with Crippen LogP contribution < -0.4 is 0 Å². The molecule has 0 saturated heterocycles. The summed E-state index contributed by atoms with van der Waals surface area (Å²) in [4.78, 5) is 0. The first kappa shape index (κ1) is 16.7. The lowest BCUT2D eigenvalue weighted by molar-refractivity contribution is 0.136. The molecule has 0 rings (SSSR count). The highest BCUT2D eigenvalue weighted by molar-refractivity contribution is 7.80. The molecule has 0 fully saturated rings. The summed E-state index contributed by atoms with van der Waals surface area (Å²) in [6, 6.07) is 0. The van der Waals surface area contributed by atoms with Crippen molar-refractivity contribution in [2.45, 2.75) is 38.9 Å². The summed E-state index contributed by atoms with van der Waals surface area (Å²) < 4.78 is 57.6. The van der Waals surface area contributed by atoms with E-state index in [1.54, 1.807) is 0 Å². The molecular weight excluding hydrogens is 272 g/mol. The van der Waals surface area contributed by atoms with Gasteiger partial charge in [-0.15, -0.1) is 0 Å². The van der Waals surface area contributed by atoms with E-state index in [9.17, 15) is 12.6 Å². The van der Waals surface area contributed by atoms with Gasteiger partial charge in [0.25, 0.3) is 0 Å². The number of rotatable bonds is 6. The lowest BCUT2D eigenvalue weighted by Gasteiger charge is -2.22. The van der Waals surface area contributed by atoms with E-state index in [1.807, 2.05) is 0 Å². The van der Waals surface area contributed by atoms with Gasteiger partial charge >= 0.3 is 21.8 Å². The normalized spacial score (nSPS) is 16.4. The Bertz CT molecular complexity index is 408. The van der Waals surface area contributed by atoms with Crippen LogP contribution >= 0.6 is 0 Å². The first-order valence-electron chi connectivity index (χ1n) is 4.52. The third-order valence-corrected chi connectivity index (χ3v) is 2.70. The molecule has 102 valence electrons. The van der Waals surface area contributed by atoms with Crippen molar-refractivity contribution in [2.24, 2.45) is 0 Å². The first-order chi connectivity index (χ1) is 7.33. The van der Waals surface area contributed by atoms with Gasteiger partial charge < -0.3 is 0 Å². The molecule has 1 atom stereocenters. The highest BCUT2D eigenvalue weighted by Gasteiger charge is 2.25. The van der Waals surface area contributed by atoms with E-state index in [-0.39, 0.29) is 0 Å². The third-order valence-electron chi connectivity index (χ3n) is 1.49. The summed E-state index contributed by atoms with van der Waals surface area (Å²) in [5, 5.41) is 0. The Kier molecular flexibility index (Phi) is 5.44. The molecule has 17 heavy (non-hydrogen) atoms. The van der Waals surface area contributed by atoms with Crippen LogP contribution in [0.4, 0.5) is 0 Å². The van der Waals surface area contributed by atoms with Crippen LogP contribution in [0.15, 0.2) is 12.2 Å². The van der Waals surface area contributed by atoms with Gasteiger partial charge in [-0.1, -0.05) is 12.2 Å². The van der Waals surface area contributed by atoms with Crippen molar-refractivity contribution in [1.29, 1.82) is 0 Å². The molecule has 0 aromatic carbocycles. The summed E-state index contributed by atoms with van der Waals surface area (Å²) in [6.45, 7) is 5.79. The van der Waals surface area contributed by atoms with Crippen LogP contribution in [-0.4, -0.2) is 32.9 Å². The topological polar surface area (TPSA) is 110 Å². The fraction of sp³-hybridized carbons (Fsp3) is 0.750. The molecule has 7 nitrogen and oxygen atoms in total. The Hall–Kier alpha value is -0.320. The minimum absolute atomic E-state index is 1.08. The molecule has 0 aliphatic heterocycles. The zero-order valence-electron chi connectivity index (χ0n) is 9.91. The Morgan fingerprint density at radius 3 is 1.88 bits per heavy atom. The highest BCUT2D eigenvalue weighted by Crippen LogP contribution is 2.19. The average Bonchev–Trinajstić information content (AvgIpc) is 1.94. The third kappa shape index (κ3) is 9.39. The molecule has 0 radical (unpaired) electrons. The Morgan fingerprint density at radius 2 is 1.53 bits per heavy atom. The number of hydrogen-bond acceptors (Lipinski definition) is 5. The monoisotopic (exact) mass is 288 g/mol. The van der Waals surface area contributed by atoms with Crippen LogP contribution in [0.5, 0.6) is 0 Å². The van der Waals surface area contributed by atoms with Gasteiger partial charge in [-0.05, 0) is 27.7 Å². The van der Waals surface area contributed by atoms with E-state index in [0.29, 0.717) is 0 Å². The fourth-order valence-electron chi connectivity index (χ4n) is 0.912. The summed E-state index contributed by atoms with van der Waals surface area (Å²) in [6.07, 6.45) is 2.65. The number of hydrogen-bond donors (Lipinski definition) is 2. The molecule has 0 saturated carbocycles. The van der Waals surface area contributed by atoms with Crippen LogP contribution in [0, 0.1) is 0 Å². The maximum absolute atomic E-state index is 10.5. The van der Waals surface area contributed by atoms with Gasteiger partial charge in [-0.3, -0.25) is 13.3 Å². The lowest BCUT2D eigenvalue weighted by Crippen LogP contribution is -2.28. The molecule has 0 aliphatic rings. The van der Waals surface area contributed by atoms with Crippen LogP contribution in [0.1, 0.15) is 27.7 Å². The summed E-state index contributed by atoms with van der Waals surface area (Å²) in [7, 11) is -4.57. The second kappa shape index (κ2) is 5.55. The van der Waals surface area contributed by atoms with Gasteiger partial charge in [-0.2, -0.15) is 12.6 Å².